The Labute approximate surface area is 175 Å². The Morgan fingerprint density at radius 3 is 2.17 bits per heavy atom. The highest BCUT2D eigenvalue weighted by molar-refractivity contribution is 5.96. The normalized spacial score (nSPS) is 10.7. The lowest BCUT2D eigenvalue weighted by Crippen LogP contribution is -2.37. The highest BCUT2D eigenvalue weighted by Crippen LogP contribution is 2.17. The molecule has 2 rings (SSSR count). The standard InChI is InChI=1S/C22H27N3O5/c1-22(2,3)30-21(28)23-14-20(27)25-17-9-6-8-16(13-17)24-19(26)12-15-7-5-10-18(11-15)29-4/h5-11,13H,12,14H2,1-4H3,(H,23,28)(H,24,26)(H,25,27). The molecule has 0 aliphatic carbocycles. The number of alkyl carbamates (subject to hydrolysis) is 1. The molecule has 0 saturated carbocycles. The van der Waals surface area contributed by atoms with Crippen LogP contribution in [0.25, 0.3) is 0 Å². The second-order valence-corrected chi connectivity index (χ2v) is 7.56. The van der Waals surface area contributed by atoms with Crippen molar-refractivity contribution in [1.82, 2.24) is 5.32 Å². The Morgan fingerprint density at radius 1 is 0.900 bits per heavy atom. The van der Waals surface area contributed by atoms with Crippen LogP contribution in [0.5, 0.6) is 5.75 Å². The van der Waals surface area contributed by atoms with E-state index in [4.69, 9.17) is 9.47 Å². The van der Waals surface area contributed by atoms with Crippen molar-refractivity contribution in [3.63, 3.8) is 0 Å². The zero-order valence-corrected chi connectivity index (χ0v) is 17.6. The maximum atomic E-state index is 12.3. The Kier molecular flexibility index (Phi) is 7.80. The smallest absolute Gasteiger partial charge is 0.408 e. The van der Waals surface area contributed by atoms with Crippen LogP contribution in [0.4, 0.5) is 16.2 Å². The van der Waals surface area contributed by atoms with Crippen LogP contribution in [-0.4, -0.2) is 37.2 Å². The van der Waals surface area contributed by atoms with Gasteiger partial charge in [0.2, 0.25) is 11.8 Å². The van der Waals surface area contributed by atoms with Gasteiger partial charge in [-0.05, 0) is 56.7 Å². The van der Waals surface area contributed by atoms with Gasteiger partial charge >= 0.3 is 6.09 Å². The summed E-state index contributed by atoms with van der Waals surface area (Å²) in [6.45, 7) is 4.98. The molecule has 0 aliphatic heterocycles. The largest absolute Gasteiger partial charge is 0.497 e. The first-order chi connectivity index (χ1) is 14.1. The van der Waals surface area contributed by atoms with Gasteiger partial charge in [-0.2, -0.15) is 0 Å². The van der Waals surface area contributed by atoms with Crippen molar-refractivity contribution in [2.75, 3.05) is 24.3 Å². The molecule has 0 radical (unpaired) electrons. The number of amides is 3. The van der Waals surface area contributed by atoms with E-state index in [1.54, 1.807) is 58.2 Å². The second kappa shape index (κ2) is 10.3. The molecule has 0 bridgehead atoms. The zero-order valence-electron chi connectivity index (χ0n) is 17.6. The third-order valence-corrected chi connectivity index (χ3v) is 3.72. The summed E-state index contributed by atoms with van der Waals surface area (Å²) in [5.41, 5.74) is 1.22. The monoisotopic (exact) mass is 413 g/mol. The third-order valence-electron chi connectivity index (χ3n) is 3.72. The van der Waals surface area contributed by atoms with Gasteiger partial charge in [-0.25, -0.2) is 4.79 Å². The van der Waals surface area contributed by atoms with Gasteiger partial charge in [0.05, 0.1) is 13.5 Å². The second-order valence-electron chi connectivity index (χ2n) is 7.56. The van der Waals surface area contributed by atoms with Gasteiger partial charge in [-0.1, -0.05) is 18.2 Å². The van der Waals surface area contributed by atoms with E-state index in [1.807, 2.05) is 18.2 Å². The Morgan fingerprint density at radius 2 is 1.53 bits per heavy atom. The molecule has 0 fully saturated rings. The van der Waals surface area contributed by atoms with Crippen LogP contribution in [0, 0.1) is 0 Å². The van der Waals surface area contributed by atoms with Crippen LogP contribution in [0.2, 0.25) is 0 Å². The lowest BCUT2D eigenvalue weighted by Gasteiger charge is -2.19. The van der Waals surface area contributed by atoms with Gasteiger partial charge in [-0.3, -0.25) is 9.59 Å². The fourth-order valence-corrected chi connectivity index (χ4v) is 2.52. The number of hydrogen-bond acceptors (Lipinski definition) is 5. The summed E-state index contributed by atoms with van der Waals surface area (Å²) in [6.07, 6.45) is -0.482. The van der Waals surface area contributed by atoms with Gasteiger partial charge in [0, 0.05) is 11.4 Å². The van der Waals surface area contributed by atoms with Crippen LogP contribution < -0.4 is 20.7 Å². The zero-order chi connectivity index (χ0) is 22.1. The molecule has 0 saturated heterocycles. The quantitative estimate of drug-likeness (QED) is 0.646. The molecule has 30 heavy (non-hydrogen) atoms. The lowest BCUT2D eigenvalue weighted by atomic mass is 10.1. The first kappa shape index (κ1) is 22.7. The molecular formula is C22H27N3O5. The van der Waals surface area contributed by atoms with Crippen LogP contribution >= 0.6 is 0 Å². The Balaban J connectivity index is 1.87. The minimum absolute atomic E-state index is 0.188. The highest BCUT2D eigenvalue weighted by Gasteiger charge is 2.16. The minimum atomic E-state index is -0.670. The summed E-state index contributed by atoms with van der Waals surface area (Å²) >= 11 is 0. The summed E-state index contributed by atoms with van der Waals surface area (Å²) in [5.74, 6) is 0.0732. The van der Waals surface area contributed by atoms with E-state index in [0.717, 1.165) is 5.56 Å². The van der Waals surface area contributed by atoms with Crippen molar-refractivity contribution < 1.29 is 23.9 Å². The summed E-state index contributed by atoms with van der Waals surface area (Å²) in [5, 5.41) is 7.85. The summed E-state index contributed by atoms with van der Waals surface area (Å²) in [7, 11) is 1.57. The van der Waals surface area contributed by atoms with Gasteiger partial charge < -0.3 is 25.4 Å². The number of carbonyl (C=O) groups is 3. The summed E-state index contributed by atoms with van der Waals surface area (Å²) in [4.78, 5) is 36.0. The van der Waals surface area contributed by atoms with E-state index in [2.05, 4.69) is 16.0 Å². The molecule has 0 spiro atoms. The number of hydrogen-bond donors (Lipinski definition) is 3. The highest BCUT2D eigenvalue weighted by atomic mass is 16.6. The fraction of sp³-hybridized carbons (Fsp3) is 0.318. The first-order valence-electron chi connectivity index (χ1n) is 9.44. The van der Waals surface area contributed by atoms with Crippen molar-refractivity contribution in [1.29, 1.82) is 0 Å². The van der Waals surface area contributed by atoms with Crippen molar-refractivity contribution in [2.24, 2.45) is 0 Å². The third kappa shape index (κ3) is 8.22. The lowest BCUT2D eigenvalue weighted by molar-refractivity contribution is -0.116. The Bertz CT molecular complexity index is 906. The van der Waals surface area contributed by atoms with Gasteiger partial charge in [-0.15, -0.1) is 0 Å². The number of anilines is 2. The number of nitrogens with one attached hydrogen (secondary N) is 3. The van der Waals surface area contributed by atoms with Gasteiger partial charge in [0.1, 0.15) is 17.9 Å². The predicted octanol–water partition coefficient (Wildman–Crippen LogP) is 3.34. The van der Waals surface area contributed by atoms with E-state index in [0.29, 0.717) is 17.1 Å². The molecule has 0 aromatic heterocycles. The summed E-state index contributed by atoms with van der Waals surface area (Å²) < 4.78 is 10.2. The number of methoxy groups -OCH3 is 1. The van der Waals surface area contributed by atoms with Gasteiger partial charge in [0.15, 0.2) is 0 Å². The van der Waals surface area contributed by atoms with Crippen molar-refractivity contribution >= 4 is 29.3 Å². The molecule has 2 aromatic carbocycles. The molecule has 160 valence electrons. The molecule has 8 nitrogen and oxygen atoms in total. The van der Waals surface area contributed by atoms with E-state index >= 15 is 0 Å². The number of benzene rings is 2. The molecule has 0 unspecified atom stereocenters. The van der Waals surface area contributed by atoms with Crippen molar-refractivity contribution in [3.05, 3.63) is 54.1 Å². The van der Waals surface area contributed by atoms with Crippen LogP contribution in [-0.2, 0) is 20.7 Å². The Hall–Kier alpha value is -3.55. The van der Waals surface area contributed by atoms with Crippen LogP contribution in [0.15, 0.2) is 48.5 Å². The maximum absolute atomic E-state index is 12.3. The molecule has 0 heterocycles. The number of carbonyl (C=O) groups excluding carboxylic acids is 3. The SMILES string of the molecule is COc1cccc(CC(=O)Nc2cccc(NC(=O)CNC(=O)OC(C)(C)C)c2)c1. The molecular weight excluding hydrogens is 386 g/mol. The topological polar surface area (TPSA) is 106 Å². The molecule has 3 amide bonds. The molecule has 0 atom stereocenters. The summed E-state index contributed by atoms with van der Waals surface area (Å²) in [6, 6.07) is 14.0. The molecule has 8 heteroatoms. The minimum Gasteiger partial charge on any atom is -0.497 e. The molecule has 0 aliphatic rings. The molecule has 3 N–H and O–H groups in total. The predicted molar refractivity (Wildman–Crippen MR) is 115 cm³/mol. The maximum Gasteiger partial charge on any atom is 0.408 e. The molecule has 2 aromatic rings. The van der Waals surface area contributed by atoms with Crippen LogP contribution in [0.3, 0.4) is 0 Å². The first-order valence-corrected chi connectivity index (χ1v) is 9.44. The average Bonchev–Trinajstić information content (AvgIpc) is 2.65. The van der Waals surface area contributed by atoms with Crippen molar-refractivity contribution in [3.8, 4) is 5.75 Å². The van der Waals surface area contributed by atoms with E-state index < -0.39 is 17.6 Å². The number of rotatable bonds is 7. The van der Waals surface area contributed by atoms with E-state index in [1.165, 1.54) is 0 Å². The van der Waals surface area contributed by atoms with Crippen molar-refractivity contribution in [2.45, 2.75) is 32.8 Å². The average molecular weight is 413 g/mol. The van der Waals surface area contributed by atoms with Gasteiger partial charge in [0.25, 0.3) is 0 Å². The van der Waals surface area contributed by atoms with E-state index in [9.17, 15) is 14.4 Å². The van der Waals surface area contributed by atoms with Crippen LogP contribution in [0.1, 0.15) is 26.3 Å². The van der Waals surface area contributed by atoms with E-state index in [-0.39, 0.29) is 18.9 Å². The number of ether oxygens (including phenoxy) is 2. The fourth-order valence-electron chi connectivity index (χ4n) is 2.52.